The number of nitrogens with one attached hydrogen (secondary N) is 1. The van der Waals surface area contributed by atoms with Crippen LogP contribution in [0.15, 0.2) is 18.2 Å². The molecule has 1 N–H and O–H groups in total. The van der Waals surface area contributed by atoms with Crippen molar-refractivity contribution in [2.24, 2.45) is 0 Å². The number of anilines is 1. The lowest BCUT2D eigenvalue weighted by atomic mass is 10.1. The van der Waals surface area contributed by atoms with Crippen LogP contribution in [0, 0.1) is 0 Å². The molecule has 4 heteroatoms. The Bertz CT molecular complexity index is 351. The SMILES string of the molecule is CNCc1cc(Cl)ccc1N1CCOCC1. The molecule has 1 aromatic rings. The van der Waals surface area contributed by atoms with Gasteiger partial charge in [-0.25, -0.2) is 0 Å². The maximum atomic E-state index is 6.02. The normalized spacial score (nSPS) is 16.5. The summed E-state index contributed by atoms with van der Waals surface area (Å²) in [6, 6.07) is 6.08. The van der Waals surface area contributed by atoms with Gasteiger partial charge in [0.05, 0.1) is 13.2 Å². The summed E-state index contributed by atoms with van der Waals surface area (Å²) in [6.45, 7) is 4.37. The van der Waals surface area contributed by atoms with E-state index in [9.17, 15) is 0 Å². The quantitative estimate of drug-likeness (QED) is 0.874. The van der Waals surface area contributed by atoms with E-state index in [1.165, 1.54) is 11.3 Å². The number of benzene rings is 1. The fourth-order valence-electron chi connectivity index (χ4n) is 2.00. The van der Waals surface area contributed by atoms with Crippen LogP contribution in [0.2, 0.25) is 5.02 Å². The van der Waals surface area contributed by atoms with Crippen molar-refractivity contribution in [1.29, 1.82) is 0 Å². The van der Waals surface area contributed by atoms with Gasteiger partial charge < -0.3 is 15.0 Å². The van der Waals surface area contributed by atoms with Crippen LogP contribution in [0.25, 0.3) is 0 Å². The van der Waals surface area contributed by atoms with Gasteiger partial charge in [-0.1, -0.05) is 11.6 Å². The summed E-state index contributed by atoms with van der Waals surface area (Å²) < 4.78 is 5.36. The monoisotopic (exact) mass is 240 g/mol. The van der Waals surface area contributed by atoms with E-state index >= 15 is 0 Å². The lowest BCUT2D eigenvalue weighted by Gasteiger charge is -2.30. The van der Waals surface area contributed by atoms with E-state index < -0.39 is 0 Å². The molecule has 2 rings (SSSR count). The lowest BCUT2D eigenvalue weighted by Crippen LogP contribution is -2.37. The first-order valence-corrected chi connectivity index (χ1v) is 5.95. The smallest absolute Gasteiger partial charge is 0.0642 e. The van der Waals surface area contributed by atoms with Crippen molar-refractivity contribution in [1.82, 2.24) is 5.32 Å². The zero-order valence-corrected chi connectivity index (χ0v) is 10.3. The second-order valence-corrected chi connectivity index (χ2v) is 4.34. The molecule has 0 amide bonds. The van der Waals surface area contributed by atoms with Crippen molar-refractivity contribution in [3.63, 3.8) is 0 Å². The second-order valence-electron chi connectivity index (χ2n) is 3.90. The van der Waals surface area contributed by atoms with E-state index in [-0.39, 0.29) is 0 Å². The van der Waals surface area contributed by atoms with Gasteiger partial charge in [0.25, 0.3) is 0 Å². The molecular formula is C12H17ClN2O. The van der Waals surface area contributed by atoms with Crippen molar-refractivity contribution >= 4 is 17.3 Å². The second kappa shape index (κ2) is 5.53. The maximum absolute atomic E-state index is 6.02. The molecule has 0 radical (unpaired) electrons. The van der Waals surface area contributed by atoms with Gasteiger partial charge in [-0.2, -0.15) is 0 Å². The molecule has 0 atom stereocenters. The minimum Gasteiger partial charge on any atom is -0.378 e. The van der Waals surface area contributed by atoms with Gasteiger partial charge in [0.2, 0.25) is 0 Å². The van der Waals surface area contributed by atoms with E-state index in [1.807, 2.05) is 19.2 Å². The highest BCUT2D eigenvalue weighted by atomic mass is 35.5. The third kappa shape index (κ3) is 2.67. The highest BCUT2D eigenvalue weighted by molar-refractivity contribution is 6.30. The number of halogens is 1. The van der Waals surface area contributed by atoms with E-state index in [1.54, 1.807) is 0 Å². The van der Waals surface area contributed by atoms with Gasteiger partial charge in [0, 0.05) is 30.3 Å². The van der Waals surface area contributed by atoms with Crippen molar-refractivity contribution in [2.75, 3.05) is 38.3 Å². The van der Waals surface area contributed by atoms with Crippen LogP contribution in [0.3, 0.4) is 0 Å². The van der Waals surface area contributed by atoms with Crippen molar-refractivity contribution in [2.45, 2.75) is 6.54 Å². The van der Waals surface area contributed by atoms with Crippen LogP contribution >= 0.6 is 11.6 Å². The summed E-state index contributed by atoms with van der Waals surface area (Å²) >= 11 is 6.02. The number of nitrogens with zero attached hydrogens (tertiary/aromatic N) is 1. The average molecular weight is 241 g/mol. The lowest BCUT2D eigenvalue weighted by molar-refractivity contribution is 0.122. The van der Waals surface area contributed by atoms with Crippen molar-refractivity contribution in [3.8, 4) is 0 Å². The predicted molar refractivity (Wildman–Crippen MR) is 67.2 cm³/mol. The first-order valence-electron chi connectivity index (χ1n) is 5.57. The molecular weight excluding hydrogens is 224 g/mol. The number of morpholine rings is 1. The van der Waals surface area contributed by atoms with Crippen LogP contribution in [0.5, 0.6) is 0 Å². The summed E-state index contributed by atoms with van der Waals surface area (Å²) in [7, 11) is 1.95. The molecule has 3 nitrogen and oxygen atoms in total. The van der Waals surface area contributed by atoms with Gasteiger partial charge >= 0.3 is 0 Å². The zero-order valence-electron chi connectivity index (χ0n) is 9.50. The molecule has 1 aliphatic heterocycles. The molecule has 0 aliphatic carbocycles. The summed E-state index contributed by atoms with van der Waals surface area (Å²) in [6.07, 6.45) is 0. The van der Waals surface area contributed by atoms with Gasteiger partial charge in [0.15, 0.2) is 0 Å². The molecule has 16 heavy (non-hydrogen) atoms. The topological polar surface area (TPSA) is 24.5 Å². The van der Waals surface area contributed by atoms with Crippen LogP contribution in [0.1, 0.15) is 5.56 Å². The minimum atomic E-state index is 0.794. The fraction of sp³-hybridized carbons (Fsp3) is 0.500. The maximum Gasteiger partial charge on any atom is 0.0642 e. The predicted octanol–water partition coefficient (Wildman–Crippen LogP) is 1.90. The average Bonchev–Trinajstić information content (AvgIpc) is 2.31. The first-order chi connectivity index (χ1) is 7.81. The Kier molecular flexibility index (Phi) is 4.04. The standard InChI is InChI=1S/C12H17ClN2O/c1-14-9-10-8-11(13)2-3-12(10)15-4-6-16-7-5-15/h2-3,8,14H,4-7,9H2,1H3. The first kappa shape index (κ1) is 11.7. The zero-order chi connectivity index (χ0) is 11.4. The van der Waals surface area contributed by atoms with Crippen molar-refractivity contribution < 1.29 is 4.74 Å². The number of rotatable bonds is 3. The Morgan fingerprint density at radius 1 is 1.38 bits per heavy atom. The Hall–Kier alpha value is -0.770. The summed E-state index contributed by atoms with van der Waals surface area (Å²) in [5, 5.41) is 3.97. The van der Waals surface area contributed by atoms with Gasteiger partial charge in [-0.15, -0.1) is 0 Å². The van der Waals surface area contributed by atoms with Gasteiger partial charge in [-0.05, 0) is 30.8 Å². The van der Waals surface area contributed by atoms with E-state index in [4.69, 9.17) is 16.3 Å². The molecule has 0 saturated carbocycles. The summed E-state index contributed by atoms with van der Waals surface area (Å²) in [4.78, 5) is 2.35. The van der Waals surface area contributed by atoms with Gasteiger partial charge in [0.1, 0.15) is 0 Å². The molecule has 1 aliphatic rings. The molecule has 1 heterocycles. The molecule has 0 unspecified atom stereocenters. The Balaban J connectivity index is 2.23. The molecule has 0 spiro atoms. The third-order valence-corrected chi connectivity index (χ3v) is 3.00. The van der Waals surface area contributed by atoms with Crippen LogP contribution in [-0.4, -0.2) is 33.4 Å². The van der Waals surface area contributed by atoms with Crippen LogP contribution in [-0.2, 0) is 11.3 Å². The van der Waals surface area contributed by atoms with Crippen LogP contribution < -0.4 is 10.2 Å². The highest BCUT2D eigenvalue weighted by Gasteiger charge is 2.14. The van der Waals surface area contributed by atoms with E-state index in [2.05, 4.69) is 16.3 Å². The molecule has 0 bridgehead atoms. The molecule has 1 fully saturated rings. The fourth-order valence-corrected chi connectivity index (χ4v) is 2.19. The summed E-state index contributed by atoms with van der Waals surface area (Å²) in [5.41, 5.74) is 2.51. The molecule has 88 valence electrons. The van der Waals surface area contributed by atoms with Crippen LogP contribution in [0.4, 0.5) is 5.69 Å². The molecule has 1 aromatic carbocycles. The number of ether oxygens (including phenoxy) is 1. The van der Waals surface area contributed by atoms with E-state index in [0.717, 1.165) is 37.9 Å². The Morgan fingerprint density at radius 2 is 2.12 bits per heavy atom. The minimum absolute atomic E-state index is 0.794. The van der Waals surface area contributed by atoms with E-state index in [0.29, 0.717) is 0 Å². The number of hydrogen-bond acceptors (Lipinski definition) is 3. The van der Waals surface area contributed by atoms with Gasteiger partial charge in [-0.3, -0.25) is 0 Å². The largest absolute Gasteiger partial charge is 0.378 e. The Labute approximate surface area is 101 Å². The third-order valence-electron chi connectivity index (χ3n) is 2.76. The molecule has 1 saturated heterocycles. The Morgan fingerprint density at radius 3 is 2.81 bits per heavy atom. The molecule has 0 aromatic heterocycles. The number of hydrogen-bond donors (Lipinski definition) is 1. The highest BCUT2D eigenvalue weighted by Crippen LogP contribution is 2.25. The van der Waals surface area contributed by atoms with Crippen molar-refractivity contribution in [3.05, 3.63) is 28.8 Å². The summed E-state index contributed by atoms with van der Waals surface area (Å²) in [5.74, 6) is 0.